The molecule has 0 spiro atoms. The highest BCUT2D eigenvalue weighted by Gasteiger charge is 2.12. The van der Waals surface area contributed by atoms with E-state index in [0.717, 1.165) is 17.7 Å². The van der Waals surface area contributed by atoms with Crippen molar-refractivity contribution in [2.75, 3.05) is 22.5 Å². The Kier molecular flexibility index (Phi) is 5.81. The van der Waals surface area contributed by atoms with Gasteiger partial charge in [-0.15, -0.1) is 0 Å². The summed E-state index contributed by atoms with van der Waals surface area (Å²) < 4.78 is 0. The number of rotatable bonds is 6. The SMILES string of the molecule is CC[C@@H](C)c1ccccc1NC(=O)CSc1nc(N)cc(N)n1. The molecule has 1 atom stereocenters. The minimum absolute atomic E-state index is 0.115. The summed E-state index contributed by atoms with van der Waals surface area (Å²) in [5.74, 6) is 1.05. The molecule has 1 amide bonds. The van der Waals surface area contributed by atoms with Gasteiger partial charge in [-0.2, -0.15) is 0 Å². The van der Waals surface area contributed by atoms with Crippen molar-refractivity contribution in [3.63, 3.8) is 0 Å². The van der Waals surface area contributed by atoms with Crippen LogP contribution in [0, 0.1) is 0 Å². The second-order valence-corrected chi connectivity index (χ2v) is 6.18. The van der Waals surface area contributed by atoms with Crippen molar-refractivity contribution in [3.05, 3.63) is 35.9 Å². The number of benzene rings is 1. The summed E-state index contributed by atoms with van der Waals surface area (Å²) in [7, 11) is 0. The zero-order chi connectivity index (χ0) is 16.8. The fourth-order valence-corrected chi connectivity index (χ4v) is 2.78. The van der Waals surface area contributed by atoms with Crippen LogP contribution < -0.4 is 16.8 Å². The Balaban J connectivity index is 2.00. The van der Waals surface area contributed by atoms with Crippen LogP contribution in [0.2, 0.25) is 0 Å². The molecular weight excluding hydrogens is 310 g/mol. The summed E-state index contributed by atoms with van der Waals surface area (Å²) in [6.45, 7) is 4.27. The molecule has 0 bridgehead atoms. The third-order valence-electron chi connectivity index (χ3n) is 3.46. The number of anilines is 3. The van der Waals surface area contributed by atoms with Crippen molar-refractivity contribution < 1.29 is 4.79 Å². The van der Waals surface area contributed by atoms with E-state index >= 15 is 0 Å². The molecule has 0 aliphatic rings. The van der Waals surface area contributed by atoms with Crippen LogP contribution in [0.5, 0.6) is 0 Å². The van der Waals surface area contributed by atoms with Crippen LogP contribution in [-0.4, -0.2) is 21.6 Å². The van der Waals surface area contributed by atoms with Crippen LogP contribution in [0.15, 0.2) is 35.5 Å². The minimum Gasteiger partial charge on any atom is -0.383 e. The molecule has 0 aliphatic carbocycles. The molecular formula is C16H21N5OS. The molecule has 0 radical (unpaired) electrons. The van der Waals surface area contributed by atoms with Gasteiger partial charge in [-0.1, -0.05) is 43.8 Å². The highest BCUT2D eigenvalue weighted by atomic mass is 32.2. The number of nitrogens with two attached hydrogens (primary N) is 2. The summed E-state index contributed by atoms with van der Waals surface area (Å²) in [4.78, 5) is 20.3. The van der Waals surface area contributed by atoms with Crippen molar-refractivity contribution in [2.45, 2.75) is 31.3 Å². The maximum Gasteiger partial charge on any atom is 0.234 e. The van der Waals surface area contributed by atoms with Gasteiger partial charge >= 0.3 is 0 Å². The van der Waals surface area contributed by atoms with E-state index in [9.17, 15) is 4.79 Å². The third kappa shape index (κ3) is 4.85. The van der Waals surface area contributed by atoms with Crippen LogP contribution in [0.4, 0.5) is 17.3 Å². The molecule has 0 saturated carbocycles. The lowest BCUT2D eigenvalue weighted by Crippen LogP contribution is -2.16. The number of nitrogen functional groups attached to an aromatic ring is 2. The van der Waals surface area contributed by atoms with Crippen molar-refractivity contribution in [3.8, 4) is 0 Å². The van der Waals surface area contributed by atoms with E-state index in [1.165, 1.54) is 17.8 Å². The molecule has 0 saturated heterocycles. The molecule has 0 unspecified atom stereocenters. The van der Waals surface area contributed by atoms with Gasteiger partial charge in [0.05, 0.1) is 5.75 Å². The van der Waals surface area contributed by atoms with Crippen molar-refractivity contribution in [1.82, 2.24) is 9.97 Å². The van der Waals surface area contributed by atoms with Crippen LogP contribution in [0.3, 0.4) is 0 Å². The Hall–Kier alpha value is -2.28. The number of carbonyl (C=O) groups excluding carboxylic acids is 1. The lowest BCUT2D eigenvalue weighted by Gasteiger charge is -2.15. The lowest BCUT2D eigenvalue weighted by atomic mass is 9.97. The largest absolute Gasteiger partial charge is 0.383 e. The predicted molar refractivity (Wildman–Crippen MR) is 95.4 cm³/mol. The zero-order valence-electron chi connectivity index (χ0n) is 13.2. The van der Waals surface area contributed by atoms with Crippen molar-refractivity contribution in [2.24, 2.45) is 0 Å². The number of carbonyl (C=O) groups is 1. The number of hydrogen-bond acceptors (Lipinski definition) is 6. The van der Waals surface area contributed by atoms with Crippen LogP contribution in [0.1, 0.15) is 31.7 Å². The Morgan fingerprint density at radius 3 is 2.57 bits per heavy atom. The van der Waals surface area contributed by atoms with E-state index in [1.54, 1.807) is 0 Å². The Labute approximate surface area is 140 Å². The van der Waals surface area contributed by atoms with Gasteiger partial charge in [0.2, 0.25) is 5.91 Å². The maximum atomic E-state index is 12.2. The van der Waals surface area contributed by atoms with Crippen LogP contribution in [0.25, 0.3) is 0 Å². The summed E-state index contributed by atoms with van der Waals surface area (Å²) in [6, 6.07) is 9.33. The summed E-state index contributed by atoms with van der Waals surface area (Å²) in [6.07, 6.45) is 1.01. The molecule has 1 heterocycles. The normalized spacial score (nSPS) is 11.9. The molecule has 23 heavy (non-hydrogen) atoms. The third-order valence-corrected chi connectivity index (χ3v) is 4.30. The average molecular weight is 331 g/mol. The van der Waals surface area contributed by atoms with Gasteiger partial charge in [0.25, 0.3) is 0 Å². The number of nitrogens with one attached hydrogen (secondary N) is 1. The minimum atomic E-state index is -0.115. The second kappa shape index (κ2) is 7.82. The predicted octanol–water partition coefficient (Wildman–Crippen LogP) is 2.89. The Bertz CT molecular complexity index is 672. The first-order valence-electron chi connectivity index (χ1n) is 7.41. The Morgan fingerprint density at radius 2 is 1.91 bits per heavy atom. The maximum absolute atomic E-state index is 12.2. The summed E-state index contributed by atoms with van der Waals surface area (Å²) >= 11 is 1.20. The van der Waals surface area contributed by atoms with Crippen LogP contribution >= 0.6 is 11.8 Å². The average Bonchev–Trinajstić information content (AvgIpc) is 2.52. The first kappa shape index (κ1) is 17.1. The second-order valence-electron chi connectivity index (χ2n) is 5.23. The molecule has 1 aromatic carbocycles. The highest BCUT2D eigenvalue weighted by molar-refractivity contribution is 7.99. The lowest BCUT2D eigenvalue weighted by molar-refractivity contribution is -0.113. The molecule has 6 nitrogen and oxygen atoms in total. The fraction of sp³-hybridized carbons (Fsp3) is 0.312. The van der Waals surface area contributed by atoms with E-state index in [0.29, 0.717) is 22.7 Å². The van der Waals surface area contributed by atoms with Crippen LogP contribution in [-0.2, 0) is 4.79 Å². The van der Waals surface area contributed by atoms with Crippen molar-refractivity contribution in [1.29, 1.82) is 0 Å². The van der Waals surface area contributed by atoms with E-state index in [-0.39, 0.29) is 11.7 Å². The fourth-order valence-electron chi connectivity index (χ4n) is 2.10. The van der Waals surface area contributed by atoms with Gasteiger partial charge < -0.3 is 16.8 Å². The van der Waals surface area contributed by atoms with Gasteiger partial charge in [0.1, 0.15) is 11.6 Å². The van der Waals surface area contributed by atoms with E-state index in [2.05, 4.69) is 29.1 Å². The quantitative estimate of drug-likeness (QED) is 0.555. The summed E-state index contributed by atoms with van der Waals surface area (Å²) in [5, 5.41) is 3.34. The van der Waals surface area contributed by atoms with E-state index in [4.69, 9.17) is 11.5 Å². The number of aromatic nitrogens is 2. The molecule has 2 aromatic rings. The Morgan fingerprint density at radius 1 is 1.26 bits per heavy atom. The number of amides is 1. The summed E-state index contributed by atoms with van der Waals surface area (Å²) in [5.41, 5.74) is 13.2. The number of para-hydroxylation sites is 1. The molecule has 5 N–H and O–H groups in total. The molecule has 1 aromatic heterocycles. The molecule has 0 aliphatic heterocycles. The first-order chi connectivity index (χ1) is 11.0. The standard InChI is InChI=1S/C16H21N5OS/c1-3-10(2)11-6-4-5-7-12(11)19-15(22)9-23-16-20-13(17)8-14(18)21-16/h4-8,10H,3,9H2,1-2H3,(H,19,22)(H4,17,18,20,21)/t10-/m1/s1. The zero-order valence-corrected chi connectivity index (χ0v) is 14.1. The monoisotopic (exact) mass is 331 g/mol. The molecule has 2 rings (SSSR count). The number of thioether (sulfide) groups is 1. The molecule has 0 fully saturated rings. The van der Waals surface area contributed by atoms with E-state index < -0.39 is 0 Å². The van der Waals surface area contributed by atoms with Gasteiger partial charge in [0, 0.05) is 11.8 Å². The molecule has 7 heteroatoms. The first-order valence-corrected chi connectivity index (χ1v) is 8.39. The number of hydrogen-bond donors (Lipinski definition) is 3. The van der Waals surface area contributed by atoms with Gasteiger partial charge in [-0.3, -0.25) is 4.79 Å². The van der Waals surface area contributed by atoms with Gasteiger partial charge in [0.15, 0.2) is 5.16 Å². The van der Waals surface area contributed by atoms with Gasteiger partial charge in [-0.05, 0) is 24.0 Å². The van der Waals surface area contributed by atoms with Crippen molar-refractivity contribution >= 4 is 35.0 Å². The smallest absolute Gasteiger partial charge is 0.234 e. The highest BCUT2D eigenvalue weighted by Crippen LogP contribution is 2.26. The topological polar surface area (TPSA) is 107 Å². The van der Waals surface area contributed by atoms with E-state index in [1.807, 2.05) is 24.3 Å². The molecule has 122 valence electrons. The number of nitrogens with zero attached hydrogens (tertiary/aromatic N) is 2. The van der Waals surface area contributed by atoms with Gasteiger partial charge in [-0.25, -0.2) is 9.97 Å².